The number of hydrogen-bond donors (Lipinski definition) is 1. The summed E-state index contributed by atoms with van der Waals surface area (Å²) in [6.07, 6.45) is 0. The zero-order chi connectivity index (χ0) is 16.0. The molecule has 1 aromatic rings. The van der Waals surface area contributed by atoms with Crippen molar-refractivity contribution < 1.29 is 0 Å². The maximum atomic E-state index is 6.13. The first-order chi connectivity index (χ1) is 9.52. The van der Waals surface area contributed by atoms with E-state index in [0.717, 1.165) is 36.8 Å². The van der Waals surface area contributed by atoms with Crippen LogP contribution in [0.4, 0.5) is 11.6 Å². The summed E-state index contributed by atoms with van der Waals surface area (Å²) in [4.78, 5) is 14.1. The van der Waals surface area contributed by atoms with Crippen molar-refractivity contribution in [3.05, 3.63) is 11.4 Å². The van der Waals surface area contributed by atoms with Crippen LogP contribution in [0, 0.1) is 6.92 Å². The molecule has 1 aliphatic heterocycles. The van der Waals surface area contributed by atoms with Gasteiger partial charge in [-0.3, -0.25) is 4.90 Å². The first-order valence-electron chi connectivity index (χ1n) is 7.63. The number of rotatable bonds is 1. The summed E-state index contributed by atoms with van der Waals surface area (Å²) >= 11 is 0. The standard InChI is InChI=1S/C16H29N5/c1-11-12(17)18-14(15(2,3)4)19-13(11)21-9-8-20(7)16(5,6)10-21/h8-10H2,1-7H3,(H2,17,18,19). The van der Waals surface area contributed by atoms with Crippen LogP contribution in [0.5, 0.6) is 0 Å². The molecule has 118 valence electrons. The Kier molecular flexibility index (Phi) is 3.91. The molecule has 2 heterocycles. The fourth-order valence-corrected chi connectivity index (χ4v) is 2.59. The van der Waals surface area contributed by atoms with Gasteiger partial charge in [0.25, 0.3) is 0 Å². The number of hydrogen-bond acceptors (Lipinski definition) is 5. The van der Waals surface area contributed by atoms with Crippen molar-refractivity contribution in [2.24, 2.45) is 0 Å². The van der Waals surface area contributed by atoms with Crippen molar-refractivity contribution in [1.29, 1.82) is 0 Å². The number of nitrogen functional groups attached to an aromatic ring is 1. The zero-order valence-electron chi connectivity index (χ0n) is 14.5. The number of anilines is 2. The van der Waals surface area contributed by atoms with Gasteiger partial charge in [-0.15, -0.1) is 0 Å². The Labute approximate surface area is 128 Å². The zero-order valence-corrected chi connectivity index (χ0v) is 14.5. The molecule has 0 spiro atoms. The van der Waals surface area contributed by atoms with E-state index in [1.807, 2.05) is 6.92 Å². The summed E-state index contributed by atoms with van der Waals surface area (Å²) in [7, 11) is 2.18. The lowest BCUT2D eigenvalue weighted by Gasteiger charge is -2.46. The van der Waals surface area contributed by atoms with Crippen molar-refractivity contribution in [3.8, 4) is 0 Å². The molecule has 21 heavy (non-hydrogen) atoms. The van der Waals surface area contributed by atoms with Crippen molar-refractivity contribution in [1.82, 2.24) is 14.9 Å². The van der Waals surface area contributed by atoms with Crippen molar-refractivity contribution in [2.45, 2.75) is 52.5 Å². The van der Waals surface area contributed by atoms with Crippen LogP contribution in [0.1, 0.15) is 46.0 Å². The van der Waals surface area contributed by atoms with E-state index in [1.165, 1.54) is 0 Å². The van der Waals surface area contributed by atoms with Gasteiger partial charge < -0.3 is 10.6 Å². The third kappa shape index (κ3) is 3.12. The van der Waals surface area contributed by atoms with E-state index in [-0.39, 0.29) is 11.0 Å². The minimum atomic E-state index is -0.0985. The summed E-state index contributed by atoms with van der Waals surface area (Å²) in [5.41, 5.74) is 7.15. The summed E-state index contributed by atoms with van der Waals surface area (Å²) in [5, 5.41) is 0. The molecule has 5 heteroatoms. The Bertz CT molecular complexity index is 530. The molecule has 2 N–H and O–H groups in total. The highest BCUT2D eigenvalue weighted by Gasteiger charge is 2.33. The van der Waals surface area contributed by atoms with Gasteiger partial charge in [-0.25, -0.2) is 9.97 Å². The van der Waals surface area contributed by atoms with Crippen LogP contribution in [0.2, 0.25) is 0 Å². The van der Waals surface area contributed by atoms with E-state index in [9.17, 15) is 0 Å². The second kappa shape index (κ2) is 5.13. The molecule has 5 nitrogen and oxygen atoms in total. The summed E-state index contributed by atoms with van der Waals surface area (Å²) < 4.78 is 0. The van der Waals surface area contributed by atoms with Crippen LogP contribution in [0.3, 0.4) is 0 Å². The molecule has 1 aromatic heterocycles. The molecule has 2 rings (SSSR count). The van der Waals surface area contributed by atoms with Crippen molar-refractivity contribution in [2.75, 3.05) is 37.3 Å². The van der Waals surface area contributed by atoms with Gasteiger partial charge in [0, 0.05) is 36.2 Å². The van der Waals surface area contributed by atoms with E-state index in [0.29, 0.717) is 5.82 Å². The fraction of sp³-hybridized carbons (Fsp3) is 0.750. The van der Waals surface area contributed by atoms with Gasteiger partial charge in [-0.1, -0.05) is 20.8 Å². The van der Waals surface area contributed by atoms with Gasteiger partial charge in [-0.2, -0.15) is 0 Å². The Morgan fingerprint density at radius 1 is 1.14 bits per heavy atom. The van der Waals surface area contributed by atoms with Gasteiger partial charge >= 0.3 is 0 Å². The lowest BCUT2D eigenvalue weighted by atomic mass is 9.95. The Morgan fingerprint density at radius 3 is 2.29 bits per heavy atom. The number of nitrogens with two attached hydrogens (primary N) is 1. The molecule has 1 saturated heterocycles. The second-order valence-corrected chi connectivity index (χ2v) is 7.79. The number of likely N-dealkylation sites (N-methyl/N-ethyl adjacent to an activating group) is 1. The SMILES string of the molecule is Cc1c(N)nc(C(C)(C)C)nc1N1CCN(C)C(C)(C)C1. The third-order valence-electron chi connectivity index (χ3n) is 4.44. The highest BCUT2D eigenvalue weighted by atomic mass is 15.3. The summed E-state index contributed by atoms with van der Waals surface area (Å²) in [6.45, 7) is 15.9. The van der Waals surface area contributed by atoms with E-state index >= 15 is 0 Å². The largest absolute Gasteiger partial charge is 0.383 e. The van der Waals surface area contributed by atoms with Gasteiger partial charge in [0.2, 0.25) is 0 Å². The van der Waals surface area contributed by atoms with Crippen LogP contribution in [0.15, 0.2) is 0 Å². The van der Waals surface area contributed by atoms with Crippen LogP contribution in [-0.4, -0.2) is 47.1 Å². The second-order valence-electron chi connectivity index (χ2n) is 7.79. The Morgan fingerprint density at radius 2 is 1.76 bits per heavy atom. The minimum absolute atomic E-state index is 0.0985. The summed E-state index contributed by atoms with van der Waals surface area (Å²) in [5.74, 6) is 2.41. The third-order valence-corrected chi connectivity index (χ3v) is 4.44. The van der Waals surface area contributed by atoms with Gasteiger partial charge in [0.05, 0.1) is 0 Å². The highest BCUT2D eigenvalue weighted by Crippen LogP contribution is 2.30. The van der Waals surface area contributed by atoms with Crippen LogP contribution in [0.25, 0.3) is 0 Å². The number of piperazine rings is 1. The smallest absolute Gasteiger partial charge is 0.138 e. The molecular weight excluding hydrogens is 262 g/mol. The molecule has 0 amide bonds. The maximum Gasteiger partial charge on any atom is 0.138 e. The molecule has 1 aliphatic rings. The van der Waals surface area contributed by atoms with Gasteiger partial charge in [-0.05, 0) is 27.8 Å². The first kappa shape index (κ1) is 16.0. The predicted octanol–water partition coefficient (Wildman–Crippen LogP) is 2.20. The molecule has 0 radical (unpaired) electrons. The lowest BCUT2D eigenvalue weighted by molar-refractivity contribution is 0.138. The highest BCUT2D eigenvalue weighted by molar-refractivity contribution is 5.57. The normalized spacial score (nSPS) is 19.9. The Balaban J connectivity index is 2.42. The van der Waals surface area contributed by atoms with Gasteiger partial charge in [0.15, 0.2) is 0 Å². The van der Waals surface area contributed by atoms with E-state index in [2.05, 4.69) is 56.5 Å². The first-order valence-corrected chi connectivity index (χ1v) is 7.63. The average Bonchev–Trinajstić information content (AvgIpc) is 2.34. The minimum Gasteiger partial charge on any atom is -0.383 e. The average molecular weight is 291 g/mol. The molecule has 0 aliphatic carbocycles. The maximum absolute atomic E-state index is 6.13. The quantitative estimate of drug-likeness (QED) is 0.859. The topological polar surface area (TPSA) is 58.3 Å². The molecular formula is C16H29N5. The van der Waals surface area contributed by atoms with E-state index < -0.39 is 0 Å². The molecule has 0 aromatic carbocycles. The van der Waals surface area contributed by atoms with E-state index in [1.54, 1.807) is 0 Å². The van der Waals surface area contributed by atoms with Gasteiger partial charge in [0.1, 0.15) is 17.5 Å². The summed E-state index contributed by atoms with van der Waals surface area (Å²) in [6, 6.07) is 0. The Hall–Kier alpha value is -1.36. The molecule has 0 atom stereocenters. The van der Waals surface area contributed by atoms with Crippen LogP contribution in [-0.2, 0) is 5.41 Å². The van der Waals surface area contributed by atoms with Crippen molar-refractivity contribution in [3.63, 3.8) is 0 Å². The monoisotopic (exact) mass is 291 g/mol. The predicted molar refractivity (Wildman–Crippen MR) is 88.8 cm³/mol. The molecule has 0 saturated carbocycles. The van der Waals surface area contributed by atoms with Crippen molar-refractivity contribution >= 4 is 11.6 Å². The number of nitrogens with zero attached hydrogens (tertiary/aromatic N) is 4. The molecule has 1 fully saturated rings. The molecule has 0 unspecified atom stereocenters. The van der Waals surface area contributed by atoms with Crippen LogP contribution < -0.4 is 10.6 Å². The number of aromatic nitrogens is 2. The lowest BCUT2D eigenvalue weighted by Crippen LogP contribution is -2.58. The van der Waals surface area contributed by atoms with Crippen LogP contribution >= 0.6 is 0 Å². The molecule has 0 bridgehead atoms. The fourth-order valence-electron chi connectivity index (χ4n) is 2.59. The van der Waals surface area contributed by atoms with E-state index in [4.69, 9.17) is 10.7 Å².